The van der Waals surface area contributed by atoms with Crippen LogP contribution >= 0.6 is 11.6 Å². The van der Waals surface area contributed by atoms with Crippen LogP contribution in [0.25, 0.3) is 0 Å². The lowest BCUT2D eigenvalue weighted by molar-refractivity contribution is -0.137. The second-order valence-electron chi connectivity index (χ2n) is 3.16. The zero-order valence-corrected chi connectivity index (χ0v) is 8.82. The fourth-order valence-electron chi connectivity index (χ4n) is 1.32. The van der Waals surface area contributed by atoms with Gasteiger partial charge in [-0.25, -0.2) is 0 Å². The quantitative estimate of drug-likeness (QED) is 0.597. The summed E-state index contributed by atoms with van der Waals surface area (Å²) in [6.45, 7) is 1.38. The Morgan fingerprint density at radius 1 is 1.38 bits per heavy atom. The van der Waals surface area contributed by atoms with Crippen LogP contribution in [0, 0.1) is 6.92 Å². The molecule has 6 heteroatoms. The summed E-state index contributed by atoms with van der Waals surface area (Å²) in [5, 5.41) is -1.09. The van der Waals surface area contributed by atoms with Gasteiger partial charge in [-0.3, -0.25) is 9.59 Å². The van der Waals surface area contributed by atoms with Crippen molar-refractivity contribution in [1.82, 2.24) is 0 Å². The van der Waals surface area contributed by atoms with E-state index >= 15 is 0 Å². The van der Waals surface area contributed by atoms with Crippen molar-refractivity contribution in [2.24, 2.45) is 0 Å². The first kappa shape index (κ1) is 12.7. The summed E-state index contributed by atoms with van der Waals surface area (Å²) in [4.78, 5) is 21.5. The van der Waals surface area contributed by atoms with Gasteiger partial charge in [0.25, 0.3) is 5.24 Å². The maximum absolute atomic E-state index is 12.5. The van der Waals surface area contributed by atoms with E-state index in [-0.39, 0.29) is 11.8 Å². The molecule has 0 aliphatic carbocycles. The predicted octanol–water partition coefficient (Wildman–Crippen LogP) is 3.21. The van der Waals surface area contributed by atoms with Gasteiger partial charge in [-0.2, -0.15) is 13.2 Å². The number of halogens is 4. The third-order valence-corrected chi connectivity index (χ3v) is 2.16. The Bertz CT molecular complexity index is 452. The maximum Gasteiger partial charge on any atom is 0.417 e. The van der Waals surface area contributed by atoms with E-state index in [4.69, 9.17) is 11.6 Å². The average molecular weight is 251 g/mol. The summed E-state index contributed by atoms with van der Waals surface area (Å²) in [5.74, 6) is 0. The van der Waals surface area contributed by atoms with Crippen molar-refractivity contribution in [3.8, 4) is 0 Å². The summed E-state index contributed by atoms with van der Waals surface area (Å²) in [6.07, 6.45) is -4.71. The Kier molecular flexibility index (Phi) is 3.38. The van der Waals surface area contributed by atoms with Gasteiger partial charge in [0.15, 0.2) is 6.29 Å². The third kappa shape index (κ3) is 2.41. The molecule has 1 aromatic carbocycles. The van der Waals surface area contributed by atoms with Crippen LogP contribution in [0.15, 0.2) is 12.1 Å². The van der Waals surface area contributed by atoms with Crippen molar-refractivity contribution in [1.29, 1.82) is 0 Å². The van der Waals surface area contributed by atoms with Crippen molar-refractivity contribution in [2.45, 2.75) is 13.1 Å². The summed E-state index contributed by atoms with van der Waals surface area (Å²) in [5.41, 5.74) is -2.09. The van der Waals surface area contributed by atoms with E-state index in [2.05, 4.69) is 0 Å². The van der Waals surface area contributed by atoms with Crippen LogP contribution in [-0.2, 0) is 6.18 Å². The number of carbonyl (C=O) groups is 2. The first-order valence-electron chi connectivity index (χ1n) is 4.14. The number of aldehydes is 1. The topological polar surface area (TPSA) is 34.1 Å². The van der Waals surface area contributed by atoms with Crippen molar-refractivity contribution in [3.63, 3.8) is 0 Å². The van der Waals surface area contributed by atoms with E-state index in [0.717, 1.165) is 12.1 Å². The molecule has 16 heavy (non-hydrogen) atoms. The molecule has 1 aromatic rings. The number of hydrogen-bond donors (Lipinski definition) is 0. The highest BCUT2D eigenvalue weighted by Crippen LogP contribution is 2.34. The Balaban J connectivity index is 3.61. The molecule has 0 N–H and O–H groups in total. The maximum atomic E-state index is 12.5. The molecule has 86 valence electrons. The molecule has 0 radical (unpaired) electrons. The Morgan fingerprint density at radius 3 is 2.31 bits per heavy atom. The van der Waals surface area contributed by atoms with Crippen LogP contribution in [0.3, 0.4) is 0 Å². The summed E-state index contributed by atoms with van der Waals surface area (Å²) >= 11 is 5.12. The molecule has 0 aliphatic heterocycles. The standard InChI is InChI=1S/C10H6ClF3O2/c1-5-2-6(9(11)16)7(4-15)8(3-5)10(12,13)14/h2-4H,1H3. The second-order valence-corrected chi connectivity index (χ2v) is 3.51. The number of carbonyl (C=O) groups excluding carboxylic acids is 2. The normalized spacial score (nSPS) is 11.3. The molecule has 0 atom stereocenters. The molecule has 0 fully saturated rings. The molecule has 2 nitrogen and oxygen atoms in total. The van der Waals surface area contributed by atoms with Crippen LogP contribution in [0.1, 0.15) is 31.8 Å². The minimum Gasteiger partial charge on any atom is -0.298 e. The average Bonchev–Trinajstić information content (AvgIpc) is 2.14. The third-order valence-electron chi connectivity index (χ3n) is 1.96. The van der Waals surface area contributed by atoms with Crippen LogP contribution in [0.4, 0.5) is 13.2 Å². The van der Waals surface area contributed by atoms with Gasteiger partial charge in [-0.05, 0) is 36.2 Å². The second kappa shape index (κ2) is 4.25. The van der Waals surface area contributed by atoms with E-state index in [0.29, 0.717) is 0 Å². The molecule has 0 heterocycles. The van der Waals surface area contributed by atoms with Gasteiger partial charge in [-0.1, -0.05) is 0 Å². The first-order chi connectivity index (χ1) is 7.27. The lowest BCUT2D eigenvalue weighted by Crippen LogP contribution is -2.12. The molecular weight excluding hydrogens is 245 g/mol. The number of aryl methyl sites for hydroxylation is 1. The monoisotopic (exact) mass is 250 g/mol. The first-order valence-corrected chi connectivity index (χ1v) is 4.52. The molecule has 0 saturated carbocycles. The van der Waals surface area contributed by atoms with E-state index in [9.17, 15) is 22.8 Å². The number of hydrogen-bond acceptors (Lipinski definition) is 2. The van der Waals surface area contributed by atoms with Crippen molar-refractivity contribution < 1.29 is 22.8 Å². The highest BCUT2D eigenvalue weighted by molar-refractivity contribution is 6.68. The fourth-order valence-corrected chi connectivity index (χ4v) is 1.48. The molecule has 1 rings (SSSR count). The molecular formula is C10H6ClF3O2. The molecule has 0 aliphatic rings. The van der Waals surface area contributed by atoms with Gasteiger partial charge in [0, 0.05) is 11.1 Å². The summed E-state index contributed by atoms with van der Waals surface area (Å²) in [6, 6.07) is 1.95. The lowest BCUT2D eigenvalue weighted by atomic mass is 9.99. The van der Waals surface area contributed by atoms with Crippen LogP contribution < -0.4 is 0 Å². The Labute approximate surface area is 94.0 Å². The molecule has 0 spiro atoms. The smallest absolute Gasteiger partial charge is 0.298 e. The van der Waals surface area contributed by atoms with Gasteiger partial charge in [0.2, 0.25) is 0 Å². The predicted molar refractivity (Wildman–Crippen MR) is 51.8 cm³/mol. The number of benzene rings is 1. The summed E-state index contributed by atoms with van der Waals surface area (Å²) < 4.78 is 37.6. The van der Waals surface area contributed by atoms with Crippen LogP contribution in [0.2, 0.25) is 0 Å². The highest BCUT2D eigenvalue weighted by atomic mass is 35.5. The van der Waals surface area contributed by atoms with Crippen molar-refractivity contribution >= 4 is 23.1 Å². The zero-order chi connectivity index (χ0) is 12.5. The van der Waals surface area contributed by atoms with Gasteiger partial charge in [0.1, 0.15) is 0 Å². The van der Waals surface area contributed by atoms with Gasteiger partial charge >= 0.3 is 6.18 Å². The Hall–Kier alpha value is -1.36. The van der Waals surface area contributed by atoms with Crippen LogP contribution in [0.5, 0.6) is 0 Å². The van der Waals surface area contributed by atoms with Crippen LogP contribution in [-0.4, -0.2) is 11.5 Å². The van der Waals surface area contributed by atoms with Crippen molar-refractivity contribution in [2.75, 3.05) is 0 Å². The van der Waals surface area contributed by atoms with Crippen molar-refractivity contribution in [3.05, 3.63) is 34.4 Å². The summed E-state index contributed by atoms with van der Waals surface area (Å²) in [7, 11) is 0. The molecule has 0 bridgehead atoms. The largest absolute Gasteiger partial charge is 0.417 e. The lowest BCUT2D eigenvalue weighted by Gasteiger charge is -2.12. The minimum atomic E-state index is -4.69. The minimum absolute atomic E-state index is 0.0160. The van der Waals surface area contributed by atoms with Gasteiger partial charge in [0.05, 0.1) is 5.56 Å². The number of alkyl halides is 3. The molecule has 0 saturated heterocycles. The molecule has 0 unspecified atom stereocenters. The van der Waals surface area contributed by atoms with Gasteiger partial charge < -0.3 is 0 Å². The van der Waals surface area contributed by atoms with E-state index in [1.807, 2.05) is 0 Å². The molecule has 0 amide bonds. The Morgan fingerprint density at radius 2 is 1.94 bits per heavy atom. The molecule has 0 aromatic heterocycles. The fraction of sp³-hybridized carbons (Fsp3) is 0.200. The van der Waals surface area contributed by atoms with E-state index < -0.39 is 28.1 Å². The van der Waals surface area contributed by atoms with E-state index in [1.54, 1.807) is 0 Å². The van der Waals surface area contributed by atoms with Gasteiger partial charge in [-0.15, -0.1) is 0 Å². The SMILES string of the molecule is Cc1cc(C(=O)Cl)c(C=O)c(C(F)(F)F)c1. The van der Waals surface area contributed by atoms with E-state index in [1.165, 1.54) is 6.92 Å². The zero-order valence-electron chi connectivity index (χ0n) is 8.06. The number of rotatable bonds is 2. The highest BCUT2D eigenvalue weighted by Gasteiger charge is 2.35.